The minimum atomic E-state index is 0.0188. The van der Waals surface area contributed by atoms with E-state index < -0.39 is 0 Å². The van der Waals surface area contributed by atoms with Gasteiger partial charge in [0.1, 0.15) is 0 Å². The molecule has 0 aromatic carbocycles. The summed E-state index contributed by atoms with van der Waals surface area (Å²) >= 11 is 6.11. The Labute approximate surface area is 104 Å². The molecule has 1 fully saturated rings. The summed E-state index contributed by atoms with van der Waals surface area (Å²) in [4.78, 5) is 0. The highest BCUT2D eigenvalue weighted by Gasteiger charge is 2.42. The third-order valence-electron chi connectivity index (χ3n) is 3.76. The van der Waals surface area contributed by atoms with Crippen molar-refractivity contribution >= 4 is 11.6 Å². The lowest BCUT2D eigenvalue weighted by atomic mass is 9.75. The molecule has 1 saturated heterocycles. The first kappa shape index (κ1) is 12.2. The van der Waals surface area contributed by atoms with E-state index in [4.69, 9.17) is 16.3 Å². The normalized spacial score (nSPS) is 42.1. The largest absolute Gasteiger partial charge is 0.367 e. The Morgan fingerprint density at radius 3 is 2.81 bits per heavy atom. The van der Waals surface area contributed by atoms with Crippen molar-refractivity contribution in [2.24, 2.45) is 11.8 Å². The topological polar surface area (TPSA) is 9.23 Å². The van der Waals surface area contributed by atoms with Crippen LogP contribution in [0.5, 0.6) is 0 Å². The van der Waals surface area contributed by atoms with Crippen molar-refractivity contribution in [2.45, 2.75) is 44.8 Å². The molecule has 90 valence electrons. The molecule has 0 spiro atoms. The summed E-state index contributed by atoms with van der Waals surface area (Å²) in [5.74, 6) is 1.77. The van der Waals surface area contributed by atoms with Crippen LogP contribution >= 0.6 is 11.6 Å². The number of hydrogen-bond acceptors (Lipinski definition) is 1. The van der Waals surface area contributed by atoms with Gasteiger partial charge in [0.05, 0.1) is 11.7 Å². The van der Waals surface area contributed by atoms with Crippen LogP contribution in [0.2, 0.25) is 0 Å². The van der Waals surface area contributed by atoms with Gasteiger partial charge in [-0.05, 0) is 25.7 Å². The quantitative estimate of drug-likeness (QED) is 0.680. The monoisotopic (exact) mass is 240 g/mol. The molecule has 1 aliphatic carbocycles. The van der Waals surface area contributed by atoms with Crippen LogP contribution < -0.4 is 0 Å². The molecule has 4 unspecified atom stereocenters. The van der Waals surface area contributed by atoms with Gasteiger partial charge in [-0.25, -0.2) is 0 Å². The Balaban J connectivity index is 2.15. The van der Waals surface area contributed by atoms with Crippen LogP contribution in [-0.4, -0.2) is 17.6 Å². The highest BCUT2D eigenvalue weighted by molar-refractivity contribution is 6.18. The molecule has 1 aliphatic heterocycles. The molecule has 1 nitrogen and oxygen atoms in total. The maximum Gasteiger partial charge on any atom is 0.0832 e. The molecule has 0 aromatic rings. The second-order valence-electron chi connectivity index (χ2n) is 5.25. The molecule has 2 rings (SSSR count). The van der Waals surface area contributed by atoms with Gasteiger partial charge in [0.2, 0.25) is 0 Å². The molecule has 0 radical (unpaired) electrons. The van der Waals surface area contributed by atoms with E-state index in [0.29, 0.717) is 11.8 Å². The van der Waals surface area contributed by atoms with Crippen molar-refractivity contribution in [3.05, 3.63) is 24.3 Å². The predicted octanol–water partition coefficient (Wildman–Crippen LogP) is 3.93. The van der Waals surface area contributed by atoms with E-state index in [0.717, 1.165) is 18.7 Å². The van der Waals surface area contributed by atoms with E-state index >= 15 is 0 Å². The van der Waals surface area contributed by atoms with Gasteiger partial charge in [-0.2, -0.15) is 0 Å². The van der Waals surface area contributed by atoms with Crippen LogP contribution in [0.25, 0.3) is 0 Å². The highest BCUT2D eigenvalue weighted by Crippen LogP contribution is 2.41. The summed E-state index contributed by atoms with van der Waals surface area (Å²) in [5, 5.41) is 0. The van der Waals surface area contributed by atoms with Gasteiger partial charge in [0.25, 0.3) is 0 Å². The van der Waals surface area contributed by atoms with Crippen LogP contribution in [0.1, 0.15) is 33.1 Å². The summed E-state index contributed by atoms with van der Waals surface area (Å²) in [6.07, 6.45) is 12.3. The molecular formula is C14H21ClO. The number of rotatable bonds is 3. The number of halogens is 1. The first-order valence-electron chi connectivity index (χ1n) is 6.27. The zero-order valence-electron chi connectivity index (χ0n) is 10.2. The fourth-order valence-corrected chi connectivity index (χ4v) is 3.38. The molecule has 1 heterocycles. The van der Waals surface area contributed by atoms with Crippen molar-refractivity contribution in [1.29, 1.82) is 0 Å². The summed E-state index contributed by atoms with van der Waals surface area (Å²) in [5.41, 5.74) is 0.0188. The fourth-order valence-electron chi connectivity index (χ4n) is 3.06. The van der Waals surface area contributed by atoms with E-state index in [1.165, 1.54) is 6.42 Å². The minimum Gasteiger partial charge on any atom is -0.367 e. The maximum absolute atomic E-state index is 6.25. The summed E-state index contributed by atoms with van der Waals surface area (Å²) in [7, 11) is 0. The standard InChI is InChI=1S/C14H21ClO/c1-3-8-14(2)9-11(10-15)12-6-4-5-7-13(12)16-14/h4-7,11-13H,3,8-10H2,1-2H3. The average molecular weight is 241 g/mol. The van der Waals surface area contributed by atoms with E-state index in [1.54, 1.807) is 0 Å². The lowest BCUT2D eigenvalue weighted by molar-refractivity contribution is -0.137. The zero-order chi connectivity index (χ0) is 11.6. The van der Waals surface area contributed by atoms with Gasteiger partial charge >= 0.3 is 0 Å². The number of hydrogen-bond donors (Lipinski definition) is 0. The van der Waals surface area contributed by atoms with Crippen molar-refractivity contribution < 1.29 is 4.74 Å². The van der Waals surface area contributed by atoms with Gasteiger partial charge in [0.15, 0.2) is 0 Å². The molecule has 0 bridgehead atoms. The molecule has 0 saturated carbocycles. The SMILES string of the molecule is CCCC1(C)CC(CCl)C2C=CC=CC2O1. The maximum atomic E-state index is 6.25. The van der Waals surface area contributed by atoms with Gasteiger partial charge in [-0.3, -0.25) is 0 Å². The van der Waals surface area contributed by atoms with E-state index in [1.807, 2.05) is 0 Å². The number of allylic oxidation sites excluding steroid dienone is 2. The van der Waals surface area contributed by atoms with Crippen molar-refractivity contribution in [3.63, 3.8) is 0 Å². The van der Waals surface area contributed by atoms with Crippen molar-refractivity contribution in [3.8, 4) is 0 Å². The Hall–Kier alpha value is -0.270. The Kier molecular flexibility index (Phi) is 3.76. The average Bonchev–Trinajstić information content (AvgIpc) is 2.28. The molecule has 16 heavy (non-hydrogen) atoms. The number of ether oxygens (including phenoxy) is 1. The molecule has 0 amide bonds. The van der Waals surface area contributed by atoms with Gasteiger partial charge in [-0.15, -0.1) is 11.6 Å². The molecule has 0 aromatic heterocycles. The van der Waals surface area contributed by atoms with Crippen LogP contribution in [0, 0.1) is 11.8 Å². The predicted molar refractivity (Wildman–Crippen MR) is 68.8 cm³/mol. The summed E-state index contributed by atoms with van der Waals surface area (Å²) < 4.78 is 6.25. The molecule has 2 aliphatic rings. The van der Waals surface area contributed by atoms with E-state index in [-0.39, 0.29) is 11.7 Å². The Morgan fingerprint density at radius 1 is 1.38 bits per heavy atom. The second-order valence-corrected chi connectivity index (χ2v) is 5.56. The zero-order valence-corrected chi connectivity index (χ0v) is 10.9. The second kappa shape index (κ2) is 4.93. The fraction of sp³-hybridized carbons (Fsp3) is 0.714. The molecular weight excluding hydrogens is 220 g/mol. The first-order chi connectivity index (χ1) is 7.68. The minimum absolute atomic E-state index is 0.0188. The molecule has 2 heteroatoms. The Bertz CT molecular complexity index is 297. The third-order valence-corrected chi connectivity index (χ3v) is 4.16. The third kappa shape index (κ3) is 2.36. The molecule has 4 atom stereocenters. The van der Waals surface area contributed by atoms with Gasteiger partial charge in [0, 0.05) is 11.8 Å². The summed E-state index contributed by atoms with van der Waals surface area (Å²) in [6.45, 7) is 4.45. The summed E-state index contributed by atoms with van der Waals surface area (Å²) in [6, 6.07) is 0. The van der Waals surface area contributed by atoms with Gasteiger partial charge in [-0.1, -0.05) is 37.6 Å². The van der Waals surface area contributed by atoms with Crippen LogP contribution in [0.4, 0.5) is 0 Å². The van der Waals surface area contributed by atoms with E-state index in [2.05, 4.69) is 38.2 Å². The van der Waals surface area contributed by atoms with Gasteiger partial charge < -0.3 is 4.74 Å². The molecule has 0 N–H and O–H groups in total. The van der Waals surface area contributed by atoms with E-state index in [9.17, 15) is 0 Å². The highest BCUT2D eigenvalue weighted by atomic mass is 35.5. The van der Waals surface area contributed by atoms with Crippen molar-refractivity contribution in [2.75, 3.05) is 5.88 Å². The Morgan fingerprint density at radius 2 is 2.12 bits per heavy atom. The number of fused-ring (bicyclic) bond motifs is 1. The smallest absolute Gasteiger partial charge is 0.0832 e. The van der Waals surface area contributed by atoms with Crippen molar-refractivity contribution in [1.82, 2.24) is 0 Å². The first-order valence-corrected chi connectivity index (χ1v) is 6.81. The number of alkyl halides is 1. The lowest BCUT2D eigenvalue weighted by Crippen LogP contribution is -2.47. The van der Waals surface area contributed by atoms with Crippen LogP contribution in [0.3, 0.4) is 0 Å². The van der Waals surface area contributed by atoms with Crippen LogP contribution in [-0.2, 0) is 4.74 Å². The lowest BCUT2D eigenvalue weighted by Gasteiger charge is -2.46. The van der Waals surface area contributed by atoms with Crippen LogP contribution in [0.15, 0.2) is 24.3 Å².